The fourth-order valence-corrected chi connectivity index (χ4v) is 3.69. The average molecular weight is 338 g/mol. The van der Waals surface area contributed by atoms with Gasteiger partial charge in [0.25, 0.3) is 5.88 Å². The van der Waals surface area contributed by atoms with Gasteiger partial charge in [0.15, 0.2) is 0 Å². The molecule has 0 atom stereocenters. The number of hydrogen-bond donors (Lipinski definition) is 0. The van der Waals surface area contributed by atoms with Crippen LogP contribution in [0.2, 0.25) is 5.28 Å². The highest BCUT2D eigenvalue weighted by atomic mass is 35.5. The summed E-state index contributed by atoms with van der Waals surface area (Å²) in [4.78, 5) is 10.9. The molecule has 2 aliphatic rings. The van der Waals surface area contributed by atoms with Gasteiger partial charge in [-0.25, -0.2) is 4.98 Å². The van der Waals surface area contributed by atoms with E-state index >= 15 is 0 Å². The minimum absolute atomic E-state index is 0.159. The molecule has 2 aromatic rings. The Bertz CT molecular complexity index is 664. The van der Waals surface area contributed by atoms with E-state index in [1.165, 1.54) is 0 Å². The molecular weight excluding hydrogens is 318 g/mol. The Morgan fingerprint density at radius 2 is 1.91 bits per heavy atom. The second-order valence-corrected chi connectivity index (χ2v) is 6.47. The number of halogens is 1. The normalized spacial score (nSPS) is 26.5. The van der Waals surface area contributed by atoms with E-state index in [0.717, 1.165) is 52.0 Å². The zero-order chi connectivity index (χ0) is 15.6. The molecule has 0 N–H and O–H groups in total. The second kappa shape index (κ2) is 6.63. The Hall–Kier alpha value is -1.37. The third-order valence-electron chi connectivity index (χ3n) is 4.73. The molecule has 23 heavy (non-hydrogen) atoms. The Morgan fingerprint density at radius 3 is 2.70 bits per heavy atom. The summed E-state index contributed by atoms with van der Waals surface area (Å²) in [6.45, 7) is 3.80. The lowest BCUT2D eigenvalue weighted by Gasteiger charge is -2.38. The van der Waals surface area contributed by atoms with Crippen molar-refractivity contribution < 1.29 is 13.9 Å². The van der Waals surface area contributed by atoms with Crippen LogP contribution in [0.25, 0.3) is 11.1 Å². The highest BCUT2D eigenvalue weighted by molar-refractivity contribution is 6.28. The van der Waals surface area contributed by atoms with Gasteiger partial charge in [-0.3, -0.25) is 4.90 Å². The number of aromatic nitrogens is 2. The lowest BCUT2D eigenvalue weighted by atomic mass is 9.91. The molecule has 7 heteroatoms. The Balaban J connectivity index is 1.39. The maximum absolute atomic E-state index is 6.07. The molecule has 0 radical (unpaired) electrons. The zero-order valence-corrected chi connectivity index (χ0v) is 13.7. The first-order valence-corrected chi connectivity index (χ1v) is 8.56. The minimum atomic E-state index is 0.159. The van der Waals surface area contributed by atoms with Gasteiger partial charge in [-0.1, -0.05) is 0 Å². The topological polar surface area (TPSA) is 60.6 Å². The van der Waals surface area contributed by atoms with Gasteiger partial charge >= 0.3 is 0 Å². The van der Waals surface area contributed by atoms with E-state index in [1.807, 2.05) is 0 Å². The molecule has 0 aromatic carbocycles. The van der Waals surface area contributed by atoms with E-state index in [1.54, 1.807) is 12.3 Å². The summed E-state index contributed by atoms with van der Waals surface area (Å²) in [5.74, 6) is 0.458. The van der Waals surface area contributed by atoms with Crippen molar-refractivity contribution in [3.8, 4) is 5.88 Å². The molecule has 124 valence electrons. The lowest BCUT2D eigenvalue weighted by molar-refractivity contribution is -0.00134. The third kappa shape index (κ3) is 3.29. The van der Waals surface area contributed by atoms with Crippen LogP contribution in [0.1, 0.15) is 25.7 Å². The number of fused-ring (bicyclic) bond motifs is 1. The largest absolute Gasteiger partial charge is 0.472 e. The van der Waals surface area contributed by atoms with Crippen molar-refractivity contribution in [2.75, 3.05) is 26.3 Å². The number of morpholine rings is 1. The van der Waals surface area contributed by atoms with Crippen molar-refractivity contribution in [1.82, 2.24) is 14.9 Å². The molecule has 0 amide bonds. The van der Waals surface area contributed by atoms with Crippen LogP contribution >= 0.6 is 11.6 Å². The second-order valence-electron chi connectivity index (χ2n) is 6.13. The van der Waals surface area contributed by atoms with Gasteiger partial charge in [-0.05, 0) is 37.3 Å². The highest BCUT2D eigenvalue weighted by Gasteiger charge is 2.28. The van der Waals surface area contributed by atoms with Gasteiger partial charge in [0.1, 0.15) is 11.6 Å². The van der Waals surface area contributed by atoms with Crippen molar-refractivity contribution in [2.45, 2.75) is 37.8 Å². The monoisotopic (exact) mass is 337 g/mol. The highest BCUT2D eigenvalue weighted by Crippen LogP contribution is 2.30. The number of hydrogen-bond acceptors (Lipinski definition) is 6. The van der Waals surface area contributed by atoms with Crippen molar-refractivity contribution in [2.24, 2.45) is 0 Å². The average Bonchev–Trinajstić information content (AvgIpc) is 3.05. The number of furan rings is 1. The van der Waals surface area contributed by atoms with E-state index in [0.29, 0.717) is 23.0 Å². The van der Waals surface area contributed by atoms with E-state index in [9.17, 15) is 0 Å². The number of rotatable bonds is 3. The molecule has 1 saturated heterocycles. The molecule has 0 spiro atoms. The van der Waals surface area contributed by atoms with Gasteiger partial charge in [0.05, 0.1) is 19.5 Å². The van der Waals surface area contributed by atoms with Crippen molar-refractivity contribution in [1.29, 1.82) is 0 Å². The first kappa shape index (κ1) is 15.2. The van der Waals surface area contributed by atoms with Crippen LogP contribution in [0, 0.1) is 0 Å². The molecule has 1 aliphatic carbocycles. The molecule has 3 heterocycles. The number of nitrogens with zero attached hydrogens (tertiary/aromatic N) is 3. The Morgan fingerprint density at radius 1 is 1.13 bits per heavy atom. The Kier molecular flexibility index (Phi) is 4.37. The van der Waals surface area contributed by atoms with E-state index in [4.69, 9.17) is 25.5 Å². The van der Waals surface area contributed by atoms with E-state index in [2.05, 4.69) is 14.9 Å². The third-order valence-corrected chi connectivity index (χ3v) is 4.90. The number of ether oxygens (including phenoxy) is 2. The quantitative estimate of drug-likeness (QED) is 0.803. The molecule has 1 saturated carbocycles. The fraction of sp³-hybridized carbons (Fsp3) is 0.625. The van der Waals surface area contributed by atoms with Gasteiger partial charge in [0, 0.05) is 25.2 Å². The van der Waals surface area contributed by atoms with Crippen LogP contribution in [-0.4, -0.2) is 53.3 Å². The van der Waals surface area contributed by atoms with Crippen molar-refractivity contribution in [3.63, 3.8) is 0 Å². The standard InChI is InChI=1S/C16H20ClN3O3/c17-16-18-13-5-8-22-14(13)15(19-16)23-12-3-1-11(2-4-12)20-6-9-21-10-7-20/h5,8,11-12H,1-4,6-7,9-10H2. The van der Waals surface area contributed by atoms with Crippen LogP contribution in [0.15, 0.2) is 16.7 Å². The minimum Gasteiger partial charge on any atom is -0.472 e. The summed E-state index contributed by atoms with van der Waals surface area (Å²) in [6, 6.07) is 2.42. The zero-order valence-electron chi connectivity index (χ0n) is 12.9. The smallest absolute Gasteiger partial charge is 0.263 e. The van der Waals surface area contributed by atoms with Crippen molar-refractivity contribution in [3.05, 3.63) is 17.6 Å². The van der Waals surface area contributed by atoms with E-state index < -0.39 is 0 Å². The van der Waals surface area contributed by atoms with Gasteiger partial charge in [0.2, 0.25) is 10.9 Å². The van der Waals surface area contributed by atoms with Gasteiger partial charge in [-0.2, -0.15) is 4.98 Å². The molecule has 0 unspecified atom stereocenters. The first-order valence-electron chi connectivity index (χ1n) is 8.19. The van der Waals surface area contributed by atoms with Crippen LogP contribution in [0.3, 0.4) is 0 Å². The Labute approximate surface area is 139 Å². The molecule has 1 aliphatic heterocycles. The first-order chi connectivity index (χ1) is 11.3. The molecule has 2 aromatic heterocycles. The van der Waals surface area contributed by atoms with Gasteiger partial charge < -0.3 is 13.9 Å². The van der Waals surface area contributed by atoms with Crippen molar-refractivity contribution >= 4 is 22.7 Å². The predicted octanol–water partition coefficient (Wildman–Crippen LogP) is 2.90. The SMILES string of the molecule is Clc1nc(OC2CCC(N3CCOCC3)CC2)c2occc2n1. The van der Waals surface area contributed by atoms with Crippen LogP contribution in [0.5, 0.6) is 5.88 Å². The fourth-order valence-electron chi connectivity index (χ4n) is 3.52. The molecule has 6 nitrogen and oxygen atoms in total. The van der Waals surface area contributed by atoms with Gasteiger partial charge in [-0.15, -0.1) is 0 Å². The predicted molar refractivity (Wildman–Crippen MR) is 85.9 cm³/mol. The summed E-state index contributed by atoms with van der Waals surface area (Å²) in [5.41, 5.74) is 1.26. The summed E-state index contributed by atoms with van der Waals surface area (Å²) < 4.78 is 16.9. The maximum Gasteiger partial charge on any atom is 0.263 e. The molecular formula is C16H20ClN3O3. The lowest BCUT2D eigenvalue weighted by Crippen LogP contribution is -2.46. The van der Waals surface area contributed by atoms with E-state index in [-0.39, 0.29) is 11.4 Å². The molecule has 2 fully saturated rings. The summed E-state index contributed by atoms with van der Waals surface area (Å²) in [5, 5.41) is 0.191. The molecule has 0 bridgehead atoms. The summed E-state index contributed by atoms with van der Waals surface area (Å²) in [7, 11) is 0. The maximum atomic E-state index is 6.07. The summed E-state index contributed by atoms with van der Waals surface area (Å²) >= 11 is 5.96. The van der Waals surface area contributed by atoms with Crippen LogP contribution in [-0.2, 0) is 4.74 Å². The van der Waals surface area contributed by atoms with Crippen LogP contribution < -0.4 is 4.74 Å². The summed E-state index contributed by atoms with van der Waals surface area (Å²) in [6.07, 6.45) is 6.07. The molecule has 4 rings (SSSR count). The van der Waals surface area contributed by atoms with Crippen LogP contribution in [0.4, 0.5) is 0 Å².